The van der Waals surface area contributed by atoms with Gasteiger partial charge < -0.3 is 19.4 Å². The molecule has 0 bridgehead atoms. The van der Waals surface area contributed by atoms with E-state index in [0.717, 1.165) is 31.9 Å². The summed E-state index contributed by atoms with van der Waals surface area (Å²) < 4.78 is 12.2. The Kier molecular flexibility index (Phi) is 6.60. The average Bonchev–Trinajstić information content (AvgIpc) is 2.68. The van der Waals surface area contributed by atoms with Crippen LogP contribution in [0, 0.1) is 0 Å². The smallest absolute Gasteiger partial charge is 0.202 e. The van der Waals surface area contributed by atoms with Gasteiger partial charge in [-0.25, -0.2) is 4.98 Å². The fourth-order valence-electron chi connectivity index (χ4n) is 1.31. The number of hydrogen-bond acceptors (Lipinski definition) is 4. The number of methoxy groups -OCH3 is 1. The van der Waals surface area contributed by atoms with Crippen LogP contribution in [0.25, 0.3) is 0 Å². The van der Waals surface area contributed by atoms with E-state index >= 15 is 0 Å². The molecule has 0 fully saturated rings. The van der Waals surface area contributed by atoms with E-state index in [0.29, 0.717) is 13.2 Å². The SMILES string of the molecule is COCCOCCCCNc1nccn1C. The molecular weight excluding hydrogens is 206 g/mol. The highest BCUT2D eigenvalue weighted by Crippen LogP contribution is 2.01. The third-order valence-electron chi connectivity index (χ3n) is 2.25. The van der Waals surface area contributed by atoms with E-state index in [1.165, 1.54) is 0 Å². The molecule has 0 atom stereocenters. The van der Waals surface area contributed by atoms with E-state index < -0.39 is 0 Å². The van der Waals surface area contributed by atoms with Crippen molar-refractivity contribution < 1.29 is 9.47 Å². The number of nitrogens with zero attached hydrogens (tertiary/aromatic N) is 2. The van der Waals surface area contributed by atoms with Crippen molar-refractivity contribution in [2.75, 3.05) is 38.8 Å². The largest absolute Gasteiger partial charge is 0.382 e. The fourth-order valence-corrected chi connectivity index (χ4v) is 1.31. The number of imidazole rings is 1. The van der Waals surface area contributed by atoms with Gasteiger partial charge in [-0.2, -0.15) is 0 Å². The topological polar surface area (TPSA) is 48.3 Å². The molecule has 1 N–H and O–H groups in total. The van der Waals surface area contributed by atoms with Crippen LogP contribution >= 0.6 is 0 Å². The summed E-state index contributed by atoms with van der Waals surface area (Å²) in [5.74, 6) is 0.917. The van der Waals surface area contributed by atoms with Crippen molar-refractivity contribution >= 4 is 5.95 Å². The Morgan fingerprint density at radius 2 is 2.19 bits per heavy atom. The summed E-state index contributed by atoms with van der Waals surface area (Å²) in [4.78, 5) is 4.18. The standard InChI is InChI=1S/C11H21N3O2/c1-14-7-6-13-11(14)12-5-3-4-8-16-10-9-15-2/h6-7H,3-5,8-10H2,1-2H3,(H,12,13). The molecule has 0 aliphatic rings. The van der Waals surface area contributed by atoms with E-state index in [1.54, 1.807) is 13.3 Å². The van der Waals surface area contributed by atoms with Crippen LogP contribution in [0.4, 0.5) is 5.95 Å². The molecule has 0 saturated carbocycles. The number of nitrogens with one attached hydrogen (secondary N) is 1. The van der Waals surface area contributed by atoms with Gasteiger partial charge in [0.25, 0.3) is 0 Å². The Hall–Kier alpha value is -1.07. The average molecular weight is 227 g/mol. The van der Waals surface area contributed by atoms with Gasteiger partial charge in [-0.15, -0.1) is 0 Å². The van der Waals surface area contributed by atoms with Crippen molar-refractivity contribution in [2.24, 2.45) is 7.05 Å². The first-order valence-corrected chi connectivity index (χ1v) is 5.62. The van der Waals surface area contributed by atoms with Gasteiger partial charge in [0, 0.05) is 39.7 Å². The van der Waals surface area contributed by atoms with Gasteiger partial charge >= 0.3 is 0 Å². The molecule has 0 radical (unpaired) electrons. The molecule has 0 saturated heterocycles. The Balaban J connectivity index is 1.91. The number of unbranched alkanes of at least 4 members (excludes halogenated alkanes) is 1. The summed E-state index contributed by atoms with van der Waals surface area (Å²) in [7, 11) is 3.66. The lowest BCUT2D eigenvalue weighted by Gasteiger charge is -2.06. The molecule has 5 nitrogen and oxygen atoms in total. The highest BCUT2D eigenvalue weighted by molar-refractivity contribution is 5.24. The first-order chi connectivity index (χ1) is 7.84. The normalized spacial score (nSPS) is 10.6. The van der Waals surface area contributed by atoms with Crippen LogP contribution < -0.4 is 5.32 Å². The van der Waals surface area contributed by atoms with E-state index in [4.69, 9.17) is 9.47 Å². The van der Waals surface area contributed by atoms with Crippen molar-refractivity contribution in [3.8, 4) is 0 Å². The number of aromatic nitrogens is 2. The second kappa shape index (κ2) is 8.13. The molecule has 0 unspecified atom stereocenters. The summed E-state index contributed by atoms with van der Waals surface area (Å²) in [6.45, 7) is 3.08. The van der Waals surface area contributed by atoms with Crippen LogP contribution in [-0.4, -0.2) is 43.0 Å². The molecule has 16 heavy (non-hydrogen) atoms. The van der Waals surface area contributed by atoms with Gasteiger partial charge in [0.1, 0.15) is 0 Å². The number of anilines is 1. The van der Waals surface area contributed by atoms with Gasteiger partial charge in [-0.1, -0.05) is 0 Å². The number of ether oxygens (including phenoxy) is 2. The van der Waals surface area contributed by atoms with Crippen molar-refractivity contribution in [1.82, 2.24) is 9.55 Å². The van der Waals surface area contributed by atoms with Crippen LogP contribution in [-0.2, 0) is 16.5 Å². The Labute approximate surface area is 96.8 Å². The predicted molar refractivity (Wildman–Crippen MR) is 63.6 cm³/mol. The quantitative estimate of drug-likeness (QED) is 0.645. The minimum absolute atomic E-state index is 0.672. The molecule has 92 valence electrons. The summed E-state index contributed by atoms with van der Waals surface area (Å²) in [5, 5.41) is 3.27. The lowest BCUT2D eigenvalue weighted by Crippen LogP contribution is -2.08. The molecule has 1 heterocycles. The zero-order valence-electron chi connectivity index (χ0n) is 10.1. The molecular formula is C11H21N3O2. The minimum Gasteiger partial charge on any atom is -0.382 e. The van der Waals surface area contributed by atoms with Gasteiger partial charge in [0.15, 0.2) is 0 Å². The molecule has 1 aromatic heterocycles. The van der Waals surface area contributed by atoms with E-state index in [1.807, 2.05) is 17.8 Å². The van der Waals surface area contributed by atoms with Crippen LogP contribution in [0.15, 0.2) is 12.4 Å². The van der Waals surface area contributed by atoms with E-state index in [2.05, 4.69) is 10.3 Å². The summed E-state index contributed by atoms with van der Waals surface area (Å²) >= 11 is 0. The third kappa shape index (κ3) is 5.14. The van der Waals surface area contributed by atoms with Crippen LogP contribution in [0.2, 0.25) is 0 Å². The Morgan fingerprint density at radius 1 is 1.31 bits per heavy atom. The number of hydrogen-bond donors (Lipinski definition) is 1. The fraction of sp³-hybridized carbons (Fsp3) is 0.727. The second-order valence-electron chi connectivity index (χ2n) is 3.60. The molecule has 1 rings (SSSR count). The van der Waals surface area contributed by atoms with Gasteiger partial charge in [0.05, 0.1) is 13.2 Å². The lowest BCUT2D eigenvalue weighted by atomic mass is 10.3. The van der Waals surface area contributed by atoms with Gasteiger partial charge in [-0.3, -0.25) is 0 Å². The molecule has 0 aliphatic heterocycles. The maximum absolute atomic E-state index is 5.36. The predicted octanol–water partition coefficient (Wildman–Crippen LogP) is 1.28. The maximum Gasteiger partial charge on any atom is 0.202 e. The van der Waals surface area contributed by atoms with Gasteiger partial charge in [-0.05, 0) is 12.8 Å². The first kappa shape index (κ1) is 13.0. The number of rotatable bonds is 9. The molecule has 0 aliphatic carbocycles. The first-order valence-electron chi connectivity index (χ1n) is 5.62. The minimum atomic E-state index is 0.672. The van der Waals surface area contributed by atoms with Gasteiger partial charge in [0.2, 0.25) is 5.95 Å². The monoisotopic (exact) mass is 227 g/mol. The summed E-state index contributed by atoms with van der Waals surface area (Å²) in [6.07, 6.45) is 5.85. The summed E-state index contributed by atoms with van der Waals surface area (Å²) in [5.41, 5.74) is 0. The zero-order valence-corrected chi connectivity index (χ0v) is 10.1. The zero-order chi connectivity index (χ0) is 11.6. The van der Waals surface area contributed by atoms with Crippen molar-refractivity contribution in [1.29, 1.82) is 0 Å². The highest BCUT2D eigenvalue weighted by atomic mass is 16.5. The number of aryl methyl sites for hydroxylation is 1. The van der Waals surface area contributed by atoms with Crippen molar-refractivity contribution in [2.45, 2.75) is 12.8 Å². The van der Waals surface area contributed by atoms with Crippen molar-refractivity contribution in [3.63, 3.8) is 0 Å². The van der Waals surface area contributed by atoms with E-state index in [9.17, 15) is 0 Å². The molecule has 5 heteroatoms. The Morgan fingerprint density at radius 3 is 2.88 bits per heavy atom. The van der Waals surface area contributed by atoms with E-state index in [-0.39, 0.29) is 0 Å². The molecule has 0 spiro atoms. The van der Waals surface area contributed by atoms with Crippen LogP contribution in [0.1, 0.15) is 12.8 Å². The second-order valence-corrected chi connectivity index (χ2v) is 3.60. The third-order valence-corrected chi connectivity index (χ3v) is 2.25. The summed E-state index contributed by atoms with van der Waals surface area (Å²) in [6, 6.07) is 0. The molecule has 0 aromatic carbocycles. The lowest BCUT2D eigenvalue weighted by molar-refractivity contribution is 0.0691. The maximum atomic E-state index is 5.36. The highest BCUT2D eigenvalue weighted by Gasteiger charge is 1.96. The van der Waals surface area contributed by atoms with Crippen molar-refractivity contribution in [3.05, 3.63) is 12.4 Å². The molecule has 1 aromatic rings. The molecule has 0 amide bonds. The van der Waals surface area contributed by atoms with Crippen LogP contribution in [0.3, 0.4) is 0 Å². The Bertz CT molecular complexity index is 276. The van der Waals surface area contributed by atoms with Crippen LogP contribution in [0.5, 0.6) is 0 Å².